The fourth-order valence-corrected chi connectivity index (χ4v) is 0.997. The quantitative estimate of drug-likeness (QED) is 0.492. The van der Waals surface area contributed by atoms with Gasteiger partial charge in [-0.1, -0.05) is 98.9 Å². The van der Waals surface area contributed by atoms with E-state index in [4.69, 9.17) is 0 Å². The van der Waals surface area contributed by atoms with Crippen LogP contribution in [0.3, 0.4) is 0 Å². The lowest BCUT2D eigenvalue weighted by Crippen LogP contribution is -1.58. The molecule has 0 aromatic carbocycles. The summed E-state index contributed by atoms with van der Waals surface area (Å²) in [5.41, 5.74) is 0. The van der Waals surface area contributed by atoms with Gasteiger partial charge in [-0.05, 0) is 6.42 Å². The SMILES string of the molecule is C=CC=CC=CC=CC=CC=CC=CCCC. The molecule has 0 fully saturated rings. The second-order valence-electron chi connectivity index (χ2n) is 3.38. The Balaban J connectivity index is 3.72. The van der Waals surface area contributed by atoms with Crippen LogP contribution in [0, 0.1) is 0 Å². The van der Waals surface area contributed by atoms with Gasteiger partial charge in [0.05, 0.1) is 0 Å². The number of hydrogen-bond donors (Lipinski definition) is 0. The molecule has 0 bridgehead atoms. The molecule has 0 unspecified atom stereocenters. The van der Waals surface area contributed by atoms with Crippen LogP contribution in [-0.4, -0.2) is 0 Å². The van der Waals surface area contributed by atoms with Crippen molar-refractivity contribution in [1.82, 2.24) is 0 Å². The molecular weight excluding hydrogens is 204 g/mol. The van der Waals surface area contributed by atoms with Crippen molar-refractivity contribution in [2.24, 2.45) is 0 Å². The summed E-state index contributed by atoms with van der Waals surface area (Å²) in [5.74, 6) is 0. The molecule has 0 heterocycles. The number of unbranched alkanes of at least 4 members (excludes halogenated alkanes) is 1. The Hall–Kier alpha value is -1.82. The summed E-state index contributed by atoms with van der Waals surface area (Å²) >= 11 is 0. The summed E-state index contributed by atoms with van der Waals surface area (Å²) in [6.45, 7) is 5.77. The van der Waals surface area contributed by atoms with E-state index in [-0.39, 0.29) is 0 Å². The van der Waals surface area contributed by atoms with Crippen molar-refractivity contribution >= 4 is 0 Å². The first-order chi connectivity index (χ1) is 8.41. The van der Waals surface area contributed by atoms with Gasteiger partial charge in [0.1, 0.15) is 0 Å². The van der Waals surface area contributed by atoms with Gasteiger partial charge in [-0.3, -0.25) is 0 Å². The Morgan fingerprint density at radius 3 is 1.47 bits per heavy atom. The molecule has 0 nitrogen and oxygen atoms in total. The zero-order chi connectivity index (χ0) is 12.6. The van der Waals surface area contributed by atoms with E-state index in [9.17, 15) is 0 Å². The molecule has 0 N–H and O–H groups in total. The van der Waals surface area contributed by atoms with Gasteiger partial charge in [-0.15, -0.1) is 0 Å². The molecule has 0 aromatic heterocycles. The van der Waals surface area contributed by atoms with E-state index in [0.717, 1.165) is 6.42 Å². The molecule has 0 radical (unpaired) electrons. The maximum atomic E-state index is 3.59. The fourth-order valence-electron chi connectivity index (χ4n) is 0.997. The summed E-state index contributed by atoms with van der Waals surface area (Å²) in [6, 6.07) is 0. The molecular formula is C17H22. The van der Waals surface area contributed by atoms with Gasteiger partial charge in [0.25, 0.3) is 0 Å². The topological polar surface area (TPSA) is 0 Å². The number of hydrogen-bond acceptors (Lipinski definition) is 0. The third-order valence-electron chi connectivity index (χ3n) is 1.84. The minimum absolute atomic E-state index is 1.15. The second-order valence-corrected chi connectivity index (χ2v) is 3.38. The molecule has 0 aliphatic carbocycles. The van der Waals surface area contributed by atoms with E-state index < -0.39 is 0 Å². The number of rotatable bonds is 8. The van der Waals surface area contributed by atoms with E-state index in [0.29, 0.717) is 0 Å². The number of allylic oxidation sites excluding steroid dienone is 13. The van der Waals surface area contributed by atoms with Gasteiger partial charge >= 0.3 is 0 Å². The van der Waals surface area contributed by atoms with Crippen molar-refractivity contribution in [1.29, 1.82) is 0 Å². The van der Waals surface area contributed by atoms with E-state index >= 15 is 0 Å². The zero-order valence-electron chi connectivity index (χ0n) is 10.6. The molecule has 0 aliphatic heterocycles. The van der Waals surface area contributed by atoms with Crippen LogP contribution in [0.5, 0.6) is 0 Å². The molecule has 0 amide bonds. The van der Waals surface area contributed by atoms with E-state index in [1.165, 1.54) is 6.42 Å². The van der Waals surface area contributed by atoms with Gasteiger partial charge in [-0.25, -0.2) is 0 Å². The summed E-state index contributed by atoms with van der Waals surface area (Å²) < 4.78 is 0. The van der Waals surface area contributed by atoms with Crippen LogP contribution in [0.15, 0.2) is 85.6 Å². The monoisotopic (exact) mass is 226 g/mol. The summed E-state index contributed by atoms with van der Waals surface area (Å²) in [5, 5.41) is 0. The maximum absolute atomic E-state index is 3.59. The van der Waals surface area contributed by atoms with Crippen molar-refractivity contribution in [2.45, 2.75) is 19.8 Å². The van der Waals surface area contributed by atoms with Crippen LogP contribution in [0.1, 0.15) is 19.8 Å². The first kappa shape index (κ1) is 15.2. The van der Waals surface area contributed by atoms with E-state index in [1.54, 1.807) is 6.08 Å². The average Bonchev–Trinajstić information content (AvgIpc) is 2.35. The molecule has 0 spiro atoms. The van der Waals surface area contributed by atoms with Crippen LogP contribution in [0.4, 0.5) is 0 Å². The smallest absolute Gasteiger partial charge is 0.0350 e. The highest BCUT2D eigenvalue weighted by Gasteiger charge is 1.68. The lowest BCUT2D eigenvalue weighted by Gasteiger charge is -1.79. The lowest BCUT2D eigenvalue weighted by molar-refractivity contribution is 0.959. The van der Waals surface area contributed by atoms with Gasteiger partial charge in [-0.2, -0.15) is 0 Å². The molecule has 0 atom stereocenters. The van der Waals surface area contributed by atoms with Crippen molar-refractivity contribution in [2.75, 3.05) is 0 Å². The molecule has 90 valence electrons. The van der Waals surface area contributed by atoms with E-state index in [2.05, 4.69) is 25.7 Å². The van der Waals surface area contributed by atoms with Crippen LogP contribution < -0.4 is 0 Å². The van der Waals surface area contributed by atoms with Gasteiger partial charge < -0.3 is 0 Å². The standard InChI is InChI=1S/C17H22/c1-3-5-7-9-11-13-15-17-16-14-12-10-8-6-4-2/h3,5,7-17H,1,4,6H2,2H3. The lowest BCUT2D eigenvalue weighted by atomic mass is 10.3. The first-order valence-electron chi connectivity index (χ1n) is 6.02. The minimum atomic E-state index is 1.15. The largest absolute Gasteiger partial charge is 0.0991 e. The molecule has 0 rings (SSSR count). The van der Waals surface area contributed by atoms with Crippen molar-refractivity contribution in [3.8, 4) is 0 Å². The fraction of sp³-hybridized carbons (Fsp3) is 0.176. The van der Waals surface area contributed by atoms with Crippen LogP contribution in [-0.2, 0) is 0 Å². The Morgan fingerprint density at radius 1 is 0.647 bits per heavy atom. The molecule has 0 saturated carbocycles. The minimum Gasteiger partial charge on any atom is -0.0991 e. The molecule has 0 saturated heterocycles. The van der Waals surface area contributed by atoms with Gasteiger partial charge in [0.2, 0.25) is 0 Å². The predicted octanol–water partition coefficient (Wildman–Crippen LogP) is 5.31. The van der Waals surface area contributed by atoms with E-state index in [1.807, 2.05) is 60.8 Å². The third-order valence-corrected chi connectivity index (χ3v) is 1.84. The summed E-state index contributed by atoms with van der Waals surface area (Å²) in [7, 11) is 0. The molecule has 0 aliphatic rings. The average molecular weight is 226 g/mol. The Morgan fingerprint density at radius 2 is 1.06 bits per heavy atom. The Kier molecular flexibility index (Phi) is 12.7. The summed E-state index contributed by atoms with van der Waals surface area (Å²) in [6.07, 6.45) is 28.2. The van der Waals surface area contributed by atoms with Crippen LogP contribution >= 0.6 is 0 Å². The molecule has 0 aromatic rings. The molecule has 0 heteroatoms. The van der Waals surface area contributed by atoms with Crippen LogP contribution in [0.2, 0.25) is 0 Å². The van der Waals surface area contributed by atoms with Gasteiger partial charge in [0.15, 0.2) is 0 Å². The Bertz CT molecular complexity index is 333. The highest BCUT2D eigenvalue weighted by molar-refractivity contribution is 5.20. The Labute approximate surface area is 106 Å². The molecule has 17 heavy (non-hydrogen) atoms. The van der Waals surface area contributed by atoms with Crippen LogP contribution in [0.25, 0.3) is 0 Å². The normalized spacial score (nSPS) is 13.5. The third kappa shape index (κ3) is 14.2. The maximum Gasteiger partial charge on any atom is -0.0350 e. The first-order valence-corrected chi connectivity index (χ1v) is 6.02. The summed E-state index contributed by atoms with van der Waals surface area (Å²) in [4.78, 5) is 0. The van der Waals surface area contributed by atoms with Crippen molar-refractivity contribution in [3.63, 3.8) is 0 Å². The van der Waals surface area contributed by atoms with Gasteiger partial charge in [0, 0.05) is 0 Å². The van der Waals surface area contributed by atoms with Crippen molar-refractivity contribution in [3.05, 3.63) is 85.6 Å². The predicted molar refractivity (Wildman–Crippen MR) is 79.9 cm³/mol. The zero-order valence-corrected chi connectivity index (χ0v) is 10.6. The highest BCUT2D eigenvalue weighted by atomic mass is 13.8. The second kappa shape index (κ2) is 14.2. The highest BCUT2D eigenvalue weighted by Crippen LogP contribution is 1.89. The van der Waals surface area contributed by atoms with Crippen molar-refractivity contribution < 1.29 is 0 Å².